The Labute approximate surface area is 127 Å². The molecule has 4 heteroatoms. The van der Waals surface area contributed by atoms with Gasteiger partial charge in [0.1, 0.15) is 5.75 Å². The highest BCUT2D eigenvalue weighted by atomic mass is 16.5. The molecular weight excluding hydrogens is 262 g/mol. The van der Waals surface area contributed by atoms with Crippen molar-refractivity contribution in [3.8, 4) is 5.75 Å². The largest absolute Gasteiger partial charge is 0.497 e. The van der Waals surface area contributed by atoms with E-state index in [4.69, 9.17) is 4.74 Å². The van der Waals surface area contributed by atoms with Gasteiger partial charge in [-0.15, -0.1) is 0 Å². The van der Waals surface area contributed by atoms with E-state index in [2.05, 4.69) is 47.1 Å². The number of hydrogen-bond donors (Lipinski definition) is 1. The highest BCUT2D eigenvalue weighted by Crippen LogP contribution is 2.13. The van der Waals surface area contributed by atoms with Gasteiger partial charge in [0.25, 0.3) is 0 Å². The average Bonchev–Trinajstić information content (AvgIpc) is 2.99. The summed E-state index contributed by atoms with van der Waals surface area (Å²) in [5.74, 6) is 0.919. The SMILES string of the molecule is CC[C@@H](C)n1nccc1CNCCc1cccc(OC)c1. The van der Waals surface area contributed by atoms with Gasteiger partial charge in [0.2, 0.25) is 0 Å². The third-order valence-corrected chi connectivity index (χ3v) is 3.79. The first kappa shape index (κ1) is 15.6. The van der Waals surface area contributed by atoms with Crippen LogP contribution in [0, 0.1) is 0 Å². The van der Waals surface area contributed by atoms with Crippen molar-refractivity contribution in [2.75, 3.05) is 13.7 Å². The third kappa shape index (κ3) is 4.33. The van der Waals surface area contributed by atoms with Crippen LogP contribution >= 0.6 is 0 Å². The van der Waals surface area contributed by atoms with Crippen LogP contribution in [0.5, 0.6) is 5.75 Å². The fourth-order valence-corrected chi connectivity index (χ4v) is 2.33. The first-order chi connectivity index (χ1) is 10.2. The predicted octanol–water partition coefficient (Wildman–Crippen LogP) is 3.20. The van der Waals surface area contributed by atoms with Crippen LogP contribution in [0.15, 0.2) is 36.5 Å². The summed E-state index contributed by atoms with van der Waals surface area (Å²) in [6, 6.07) is 10.8. The Kier molecular flexibility index (Phi) is 5.81. The topological polar surface area (TPSA) is 39.1 Å². The van der Waals surface area contributed by atoms with E-state index < -0.39 is 0 Å². The van der Waals surface area contributed by atoms with Gasteiger partial charge in [-0.1, -0.05) is 19.1 Å². The molecule has 0 unspecified atom stereocenters. The number of benzene rings is 1. The van der Waals surface area contributed by atoms with Crippen molar-refractivity contribution in [2.24, 2.45) is 0 Å². The molecule has 1 heterocycles. The number of nitrogens with zero attached hydrogens (tertiary/aromatic N) is 2. The average molecular weight is 287 g/mol. The summed E-state index contributed by atoms with van der Waals surface area (Å²) in [5, 5.41) is 7.90. The molecule has 21 heavy (non-hydrogen) atoms. The molecule has 0 fully saturated rings. The maximum atomic E-state index is 5.24. The molecule has 0 saturated heterocycles. The van der Waals surface area contributed by atoms with Crippen LogP contribution in [0.2, 0.25) is 0 Å². The molecule has 0 amide bonds. The standard InChI is InChI=1S/C17H25N3O/c1-4-14(2)20-16(9-11-19-20)13-18-10-8-15-6-5-7-17(12-15)21-3/h5-7,9,11-12,14,18H,4,8,10,13H2,1-3H3/t14-/m1/s1. The molecule has 0 aliphatic carbocycles. The second kappa shape index (κ2) is 7.84. The number of ether oxygens (including phenoxy) is 1. The summed E-state index contributed by atoms with van der Waals surface area (Å²) < 4.78 is 7.35. The van der Waals surface area contributed by atoms with Crippen LogP contribution in [0.4, 0.5) is 0 Å². The molecule has 1 aromatic carbocycles. The Bertz CT molecular complexity index is 550. The lowest BCUT2D eigenvalue weighted by Gasteiger charge is -2.14. The van der Waals surface area contributed by atoms with Gasteiger partial charge in [0.15, 0.2) is 0 Å². The molecule has 114 valence electrons. The number of hydrogen-bond acceptors (Lipinski definition) is 3. The van der Waals surface area contributed by atoms with Gasteiger partial charge in [-0.3, -0.25) is 4.68 Å². The van der Waals surface area contributed by atoms with Gasteiger partial charge in [-0.25, -0.2) is 0 Å². The lowest BCUT2D eigenvalue weighted by Crippen LogP contribution is -2.20. The molecule has 2 aromatic rings. The van der Waals surface area contributed by atoms with Gasteiger partial charge in [0, 0.05) is 18.8 Å². The van der Waals surface area contributed by atoms with Crippen molar-refractivity contribution in [3.63, 3.8) is 0 Å². The summed E-state index contributed by atoms with van der Waals surface area (Å²) in [4.78, 5) is 0. The molecule has 0 spiro atoms. The maximum absolute atomic E-state index is 5.24. The molecule has 0 saturated carbocycles. The quantitative estimate of drug-likeness (QED) is 0.758. The molecule has 2 rings (SSSR count). The number of rotatable bonds is 8. The summed E-state index contributed by atoms with van der Waals surface area (Å²) in [6.45, 7) is 6.19. The number of methoxy groups -OCH3 is 1. The van der Waals surface area contributed by atoms with Crippen molar-refractivity contribution in [1.82, 2.24) is 15.1 Å². The van der Waals surface area contributed by atoms with Crippen LogP contribution in [-0.4, -0.2) is 23.4 Å². The lowest BCUT2D eigenvalue weighted by atomic mass is 10.1. The number of aromatic nitrogens is 2. The van der Waals surface area contributed by atoms with Crippen molar-refractivity contribution in [2.45, 2.75) is 39.3 Å². The molecular formula is C17H25N3O. The van der Waals surface area contributed by atoms with Crippen molar-refractivity contribution >= 4 is 0 Å². The van der Waals surface area contributed by atoms with Gasteiger partial charge in [-0.05, 0) is 50.1 Å². The van der Waals surface area contributed by atoms with E-state index in [0.717, 1.165) is 31.7 Å². The summed E-state index contributed by atoms with van der Waals surface area (Å²) in [7, 11) is 1.70. The molecule has 0 bridgehead atoms. The minimum atomic E-state index is 0.454. The predicted molar refractivity (Wildman–Crippen MR) is 85.6 cm³/mol. The summed E-state index contributed by atoms with van der Waals surface area (Å²) in [6.07, 6.45) is 3.97. The molecule has 0 radical (unpaired) electrons. The second-order valence-electron chi connectivity index (χ2n) is 5.30. The highest BCUT2D eigenvalue weighted by Gasteiger charge is 2.07. The van der Waals surface area contributed by atoms with Gasteiger partial charge in [0.05, 0.1) is 12.8 Å². The van der Waals surface area contributed by atoms with E-state index in [1.54, 1.807) is 7.11 Å². The van der Waals surface area contributed by atoms with Crippen molar-refractivity contribution < 1.29 is 4.74 Å². The van der Waals surface area contributed by atoms with Crippen LogP contribution in [-0.2, 0) is 13.0 Å². The molecule has 0 aliphatic rings. The van der Waals surface area contributed by atoms with Crippen LogP contribution < -0.4 is 10.1 Å². The number of nitrogens with one attached hydrogen (secondary N) is 1. The first-order valence-electron chi connectivity index (χ1n) is 7.60. The van der Waals surface area contributed by atoms with Crippen LogP contribution in [0.1, 0.15) is 37.6 Å². The van der Waals surface area contributed by atoms with Gasteiger partial charge >= 0.3 is 0 Å². The Hall–Kier alpha value is -1.81. The Morgan fingerprint density at radius 3 is 2.95 bits per heavy atom. The molecule has 0 aliphatic heterocycles. The fraction of sp³-hybridized carbons (Fsp3) is 0.471. The molecule has 1 atom stereocenters. The third-order valence-electron chi connectivity index (χ3n) is 3.79. The lowest BCUT2D eigenvalue weighted by molar-refractivity contribution is 0.414. The van der Waals surface area contributed by atoms with E-state index in [1.165, 1.54) is 11.3 Å². The van der Waals surface area contributed by atoms with Crippen LogP contribution in [0.3, 0.4) is 0 Å². The Morgan fingerprint density at radius 2 is 2.19 bits per heavy atom. The zero-order valence-electron chi connectivity index (χ0n) is 13.2. The normalized spacial score (nSPS) is 12.3. The fourth-order valence-electron chi connectivity index (χ4n) is 2.33. The zero-order valence-corrected chi connectivity index (χ0v) is 13.2. The van der Waals surface area contributed by atoms with E-state index in [9.17, 15) is 0 Å². The Balaban J connectivity index is 1.81. The smallest absolute Gasteiger partial charge is 0.119 e. The van der Waals surface area contributed by atoms with E-state index in [-0.39, 0.29) is 0 Å². The molecule has 1 N–H and O–H groups in total. The molecule has 1 aromatic heterocycles. The van der Waals surface area contributed by atoms with Crippen molar-refractivity contribution in [1.29, 1.82) is 0 Å². The Morgan fingerprint density at radius 1 is 1.33 bits per heavy atom. The summed E-state index contributed by atoms with van der Waals surface area (Å²) in [5.41, 5.74) is 2.53. The minimum Gasteiger partial charge on any atom is -0.497 e. The van der Waals surface area contributed by atoms with E-state index >= 15 is 0 Å². The second-order valence-corrected chi connectivity index (χ2v) is 5.30. The zero-order chi connectivity index (χ0) is 15.1. The van der Waals surface area contributed by atoms with Gasteiger partial charge in [-0.2, -0.15) is 5.10 Å². The monoisotopic (exact) mass is 287 g/mol. The van der Waals surface area contributed by atoms with Crippen molar-refractivity contribution in [3.05, 3.63) is 47.8 Å². The van der Waals surface area contributed by atoms with Gasteiger partial charge < -0.3 is 10.1 Å². The van der Waals surface area contributed by atoms with Crippen LogP contribution in [0.25, 0.3) is 0 Å². The maximum Gasteiger partial charge on any atom is 0.119 e. The van der Waals surface area contributed by atoms with E-state index in [1.807, 2.05) is 18.3 Å². The summed E-state index contributed by atoms with van der Waals surface area (Å²) >= 11 is 0. The highest BCUT2D eigenvalue weighted by molar-refractivity contribution is 5.28. The molecule has 4 nitrogen and oxygen atoms in total. The minimum absolute atomic E-state index is 0.454. The first-order valence-corrected chi connectivity index (χ1v) is 7.60. The van der Waals surface area contributed by atoms with E-state index in [0.29, 0.717) is 6.04 Å².